The minimum absolute atomic E-state index is 0.0218. The zero-order valence-electron chi connectivity index (χ0n) is 19.5. The third kappa shape index (κ3) is 3.88. The molecule has 0 spiro atoms. The first kappa shape index (κ1) is 21.4. The molecule has 9 heteroatoms. The summed E-state index contributed by atoms with van der Waals surface area (Å²) in [6, 6.07) is 10.1. The number of hydrogen-bond donors (Lipinski definition) is 1. The number of anilines is 1. The summed E-state index contributed by atoms with van der Waals surface area (Å²) in [5, 5.41) is 7.86. The molecule has 0 aliphatic heterocycles. The Morgan fingerprint density at radius 2 is 1.97 bits per heavy atom. The van der Waals surface area contributed by atoms with Crippen LogP contribution in [0.2, 0.25) is 0 Å². The van der Waals surface area contributed by atoms with Gasteiger partial charge in [0.05, 0.1) is 23.5 Å². The monoisotopic (exact) mass is 484 g/mol. The summed E-state index contributed by atoms with van der Waals surface area (Å²) in [5.41, 5.74) is 1.51. The number of carbonyl (C=O) groups is 1. The molecule has 3 heterocycles. The maximum Gasteiger partial charge on any atom is 0.229 e. The summed E-state index contributed by atoms with van der Waals surface area (Å²) >= 11 is 0. The van der Waals surface area contributed by atoms with Crippen molar-refractivity contribution in [2.24, 2.45) is 29.6 Å². The van der Waals surface area contributed by atoms with E-state index in [2.05, 4.69) is 25.4 Å². The van der Waals surface area contributed by atoms with Gasteiger partial charge >= 0.3 is 0 Å². The van der Waals surface area contributed by atoms with Crippen LogP contribution >= 0.6 is 0 Å². The van der Waals surface area contributed by atoms with E-state index >= 15 is 0 Å². The van der Waals surface area contributed by atoms with Gasteiger partial charge in [-0.1, -0.05) is 0 Å². The summed E-state index contributed by atoms with van der Waals surface area (Å²) in [7, 11) is 0. The topological polar surface area (TPSA) is 94.8 Å². The van der Waals surface area contributed by atoms with Gasteiger partial charge in [-0.3, -0.25) is 9.78 Å². The third-order valence-corrected chi connectivity index (χ3v) is 7.95. The molecule has 0 bridgehead atoms. The van der Waals surface area contributed by atoms with Crippen molar-refractivity contribution in [2.45, 2.75) is 31.8 Å². The van der Waals surface area contributed by atoms with Crippen LogP contribution in [0.15, 0.2) is 61.4 Å². The van der Waals surface area contributed by atoms with Gasteiger partial charge in [-0.2, -0.15) is 5.10 Å². The molecule has 1 amide bonds. The number of hydrogen-bond acceptors (Lipinski definition) is 6. The summed E-state index contributed by atoms with van der Waals surface area (Å²) in [5.74, 6) is 2.89. The van der Waals surface area contributed by atoms with E-state index in [0.717, 1.165) is 36.9 Å². The number of ether oxygens (including phenoxy) is 1. The molecule has 3 aromatic heterocycles. The van der Waals surface area contributed by atoms with Crippen LogP contribution in [0.25, 0.3) is 16.6 Å². The zero-order valence-corrected chi connectivity index (χ0v) is 19.5. The van der Waals surface area contributed by atoms with Crippen LogP contribution in [0.4, 0.5) is 10.2 Å². The Hall–Kier alpha value is -3.88. The van der Waals surface area contributed by atoms with Crippen molar-refractivity contribution >= 4 is 22.6 Å². The molecule has 182 valence electrons. The molecular formula is C27H25FN6O2. The molecule has 0 saturated heterocycles. The lowest BCUT2D eigenvalue weighted by Gasteiger charge is -2.22. The number of nitrogens with one attached hydrogen (secondary N) is 1. The first-order chi connectivity index (χ1) is 17.6. The lowest BCUT2D eigenvalue weighted by molar-refractivity contribution is -0.121. The van der Waals surface area contributed by atoms with Gasteiger partial charge in [0.2, 0.25) is 5.91 Å². The lowest BCUT2D eigenvalue weighted by atomic mass is 9.91. The molecule has 1 N–H and O–H groups in total. The second kappa shape index (κ2) is 8.36. The van der Waals surface area contributed by atoms with Crippen molar-refractivity contribution in [3.63, 3.8) is 0 Å². The predicted molar refractivity (Wildman–Crippen MR) is 130 cm³/mol. The quantitative estimate of drug-likeness (QED) is 0.417. The number of nitrogens with zero attached hydrogens (tertiary/aromatic N) is 5. The van der Waals surface area contributed by atoms with Gasteiger partial charge in [-0.05, 0) is 85.8 Å². The van der Waals surface area contributed by atoms with Crippen LogP contribution in [-0.2, 0) is 4.79 Å². The molecule has 1 aromatic carbocycles. The van der Waals surface area contributed by atoms with Crippen LogP contribution in [0.1, 0.15) is 25.7 Å². The van der Waals surface area contributed by atoms with Gasteiger partial charge in [0.25, 0.3) is 0 Å². The van der Waals surface area contributed by atoms with Gasteiger partial charge < -0.3 is 10.1 Å². The smallest absolute Gasteiger partial charge is 0.229 e. The number of carbonyl (C=O) groups excluding carboxylic acids is 1. The molecule has 36 heavy (non-hydrogen) atoms. The molecular weight excluding hydrogens is 459 g/mol. The lowest BCUT2D eigenvalue weighted by Crippen LogP contribution is -2.29. The highest BCUT2D eigenvalue weighted by Crippen LogP contribution is 2.64. The van der Waals surface area contributed by atoms with E-state index in [1.807, 2.05) is 12.1 Å². The van der Waals surface area contributed by atoms with Crippen molar-refractivity contribution < 1.29 is 13.9 Å². The van der Waals surface area contributed by atoms with E-state index in [4.69, 9.17) is 4.74 Å². The molecule has 7 rings (SSSR count). The van der Waals surface area contributed by atoms with Crippen LogP contribution in [-0.4, -0.2) is 36.7 Å². The van der Waals surface area contributed by atoms with E-state index in [0.29, 0.717) is 40.6 Å². The van der Waals surface area contributed by atoms with Gasteiger partial charge in [0.15, 0.2) is 0 Å². The van der Waals surface area contributed by atoms with Crippen molar-refractivity contribution in [3.8, 4) is 11.4 Å². The van der Waals surface area contributed by atoms with E-state index in [9.17, 15) is 9.18 Å². The Morgan fingerprint density at radius 1 is 1.11 bits per heavy atom. The number of pyridine rings is 2. The summed E-state index contributed by atoms with van der Waals surface area (Å²) in [6.07, 6.45) is 10.6. The fraction of sp³-hybridized carbons (Fsp3) is 0.370. The molecule has 5 atom stereocenters. The zero-order chi connectivity index (χ0) is 24.2. The number of aromatic nitrogens is 5. The highest BCUT2D eigenvalue weighted by Gasteiger charge is 2.63. The van der Waals surface area contributed by atoms with Gasteiger partial charge in [-0.25, -0.2) is 19.0 Å². The highest BCUT2D eigenvalue weighted by atomic mass is 19.1. The Morgan fingerprint density at radius 3 is 2.69 bits per heavy atom. The number of fused-ring (bicyclic) bond motifs is 2. The first-order valence-electron chi connectivity index (χ1n) is 12.5. The first-order valence-corrected chi connectivity index (χ1v) is 12.5. The Balaban J connectivity index is 1.00. The second-order valence-electron chi connectivity index (χ2n) is 10.2. The van der Waals surface area contributed by atoms with Crippen LogP contribution < -0.4 is 10.1 Å². The Kier molecular flexibility index (Phi) is 4.97. The average Bonchev–Trinajstić information content (AvgIpc) is 3.69. The molecule has 3 saturated carbocycles. The molecule has 3 aliphatic carbocycles. The summed E-state index contributed by atoms with van der Waals surface area (Å²) in [4.78, 5) is 26.0. The molecule has 8 nitrogen and oxygen atoms in total. The third-order valence-electron chi connectivity index (χ3n) is 7.95. The Bertz CT molecular complexity index is 1410. The number of amides is 1. The fourth-order valence-corrected chi connectivity index (χ4v) is 6.15. The SMILES string of the molecule is O=C(Nc1ccc(-n2cncn2)cn1)C(C1CC1)[C@@H]1[C@@H]2C[C@@H](Oc3ccnc4ccc(F)cc34)C[C@@H]21. The number of benzene rings is 1. The number of halogens is 1. The van der Waals surface area contributed by atoms with E-state index in [-0.39, 0.29) is 23.7 Å². The normalized spacial score (nSPS) is 25.4. The molecule has 3 aliphatic rings. The van der Waals surface area contributed by atoms with Gasteiger partial charge in [0.1, 0.15) is 30.0 Å². The van der Waals surface area contributed by atoms with Crippen LogP contribution in [0, 0.1) is 35.4 Å². The van der Waals surface area contributed by atoms with Crippen LogP contribution in [0.3, 0.4) is 0 Å². The maximum absolute atomic E-state index is 13.8. The maximum atomic E-state index is 13.8. The summed E-state index contributed by atoms with van der Waals surface area (Å²) in [6.45, 7) is 0. The minimum atomic E-state index is -0.296. The molecule has 1 unspecified atom stereocenters. The fourth-order valence-electron chi connectivity index (χ4n) is 6.15. The van der Waals surface area contributed by atoms with Crippen molar-refractivity contribution in [1.29, 1.82) is 0 Å². The standard InChI is InChI=1S/C27H25FN6O2/c28-16-3-5-22-21(9-16)23(7-8-30-22)36-18-10-19-20(11-18)26(19)25(15-1-2-15)27(35)33-24-6-4-17(12-31-24)34-14-29-13-32-34/h3-9,12-15,18-20,25-26H,1-2,10-11H2,(H,31,33,35)/t18-,19-,20+,25?,26-. The average molecular weight is 485 g/mol. The van der Waals surface area contributed by atoms with Crippen molar-refractivity contribution in [1.82, 2.24) is 24.7 Å². The molecule has 0 radical (unpaired) electrons. The van der Waals surface area contributed by atoms with Gasteiger partial charge in [-0.15, -0.1) is 0 Å². The minimum Gasteiger partial charge on any atom is -0.490 e. The van der Waals surface area contributed by atoms with Crippen molar-refractivity contribution in [2.75, 3.05) is 5.32 Å². The van der Waals surface area contributed by atoms with Crippen LogP contribution in [0.5, 0.6) is 5.75 Å². The molecule has 4 aromatic rings. The highest BCUT2D eigenvalue weighted by molar-refractivity contribution is 5.92. The molecule has 3 fully saturated rings. The van der Waals surface area contributed by atoms with E-state index < -0.39 is 0 Å². The van der Waals surface area contributed by atoms with E-state index in [1.54, 1.807) is 35.5 Å². The van der Waals surface area contributed by atoms with E-state index in [1.165, 1.54) is 18.5 Å². The Labute approximate surface area is 206 Å². The summed E-state index contributed by atoms with van der Waals surface area (Å²) < 4.78 is 21.7. The predicted octanol–water partition coefficient (Wildman–Crippen LogP) is 4.42. The van der Waals surface area contributed by atoms with Crippen molar-refractivity contribution in [3.05, 3.63) is 67.3 Å². The second-order valence-corrected chi connectivity index (χ2v) is 10.2. The number of rotatable bonds is 7. The largest absolute Gasteiger partial charge is 0.490 e. The van der Waals surface area contributed by atoms with Gasteiger partial charge in [0, 0.05) is 17.5 Å².